The molecule has 0 spiro atoms. The molecule has 9 nitrogen and oxygen atoms in total. The van der Waals surface area contributed by atoms with Crippen molar-refractivity contribution in [2.75, 3.05) is 0 Å². The number of hydrogen-bond acceptors (Lipinski definition) is 7. The third-order valence-corrected chi connectivity index (χ3v) is 5.93. The standard InChI is InChI=1S/C10H10FNO2.C7H5ClO2.C7H8O3S.C3H6FN/c11-8-6-9(8)12-10(13)14-7-4-2-1-3-5-7;8-7(9)10-6-4-2-1-3-5-6;1-6-2-4-7(5-3-6)11(8,9)10;4-2-1-3(2)5/h1-5,8-9H,6H2,(H,12,13);1-5H;2-5H,1H3,(H,8,9,10);2-3H,1,5H2/t8-,9+;;;2-,3+/m0..0/s1. The second-order valence-corrected chi connectivity index (χ2v) is 10.3. The first-order chi connectivity index (χ1) is 18.8. The molecule has 4 atom stereocenters. The van der Waals surface area contributed by atoms with Crippen LogP contribution in [0.2, 0.25) is 0 Å². The lowest BCUT2D eigenvalue weighted by molar-refractivity contribution is 0.198. The highest BCUT2D eigenvalue weighted by atomic mass is 35.5. The highest BCUT2D eigenvalue weighted by Crippen LogP contribution is 2.25. The average Bonchev–Trinajstić information content (AvgIpc) is 3.78. The molecule has 0 heterocycles. The van der Waals surface area contributed by atoms with E-state index in [2.05, 4.69) is 10.1 Å². The molecule has 2 aliphatic carbocycles. The molecule has 5 rings (SSSR count). The third-order valence-electron chi connectivity index (χ3n) is 4.99. The normalized spacial score (nSPS) is 19.9. The quantitative estimate of drug-likeness (QED) is 0.260. The van der Waals surface area contributed by atoms with Gasteiger partial charge in [0.15, 0.2) is 0 Å². The van der Waals surface area contributed by atoms with Crippen LogP contribution in [-0.2, 0) is 10.1 Å². The van der Waals surface area contributed by atoms with E-state index < -0.39 is 34.0 Å². The first kappa shape index (κ1) is 32.6. The number of para-hydroxylation sites is 2. The van der Waals surface area contributed by atoms with Crippen LogP contribution in [0, 0.1) is 6.92 Å². The average molecular weight is 599 g/mol. The summed E-state index contributed by atoms with van der Waals surface area (Å²) in [6.07, 6.45) is -1.20. The summed E-state index contributed by atoms with van der Waals surface area (Å²) in [7, 11) is -4.02. The Kier molecular flexibility index (Phi) is 12.9. The molecule has 3 aromatic rings. The van der Waals surface area contributed by atoms with E-state index in [1.165, 1.54) is 12.1 Å². The topological polar surface area (TPSA) is 145 Å². The summed E-state index contributed by atoms with van der Waals surface area (Å²) < 4.78 is 62.8. The van der Waals surface area contributed by atoms with Gasteiger partial charge in [-0.25, -0.2) is 18.4 Å². The maximum atomic E-state index is 12.4. The highest BCUT2D eigenvalue weighted by molar-refractivity contribution is 7.85. The van der Waals surface area contributed by atoms with Crippen LogP contribution in [0.5, 0.6) is 11.5 Å². The lowest BCUT2D eigenvalue weighted by Gasteiger charge is -2.04. The Labute approximate surface area is 236 Å². The van der Waals surface area contributed by atoms with E-state index >= 15 is 0 Å². The van der Waals surface area contributed by atoms with Crippen molar-refractivity contribution < 1.29 is 40.8 Å². The number of carbonyl (C=O) groups is 2. The predicted molar refractivity (Wildman–Crippen MR) is 146 cm³/mol. The molecular formula is C27H29ClF2N2O7S. The van der Waals surface area contributed by atoms with Gasteiger partial charge in [-0.3, -0.25) is 4.55 Å². The number of nitrogens with one attached hydrogen (secondary N) is 1. The van der Waals surface area contributed by atoms with Crippen molar-refractivity contribution in [3.8, 4) is 11.5 Å². The molecule has 0 saturated heterocycles. The maximum absolute atomic E-state index is 12.4. The van der Waals surface area contributed by atoms with Crippen LogP contribution in [0.3, 0.4) is 0 Å². The van der Waals surface area contributed by atoms with Gasteiger partial charge >= 0.3 is 11.5 Å². The molecule has 4 N–H and O–H groups in total. The second kappa shape index (κ2) is 15.9. The largest absolute Gasteiger partial charge is 0.415 e. The maximum Gasteiger partial charge on any atom is 0.412 e. The van der Waals surface area contributed by atoms with Crippen LogP contribution in [0.25, 0.3) is 0 Å². The summed E-state index contributed by atoms with van der Waals surface area (Å²) in [5, 5.41) is 2.42. The van der Waals surface area contributed by atoms with Crippen LogP contribution < -0.4 is 20.5 Å². The summed E-state index contributed by atoms with van der Waals surface area (Å²) in [6.45, 7) is 1.84. The van der Waals surface area contributed by atoms with Gasteiger partial charge in [0.25, 0.3) is 10.1 Å². The van der Waals surface area contributed by atoms with Crippen molar-refractivity contribution in [2.45, 2.75) is 49.1 Å². The van der Waals surface area contributed by atoms with Gasteiger partial charge in [0.05, 0.1) is 10.9 Å². The van der Waals surface area contributed by atoms with Gasteiger partial charge in [0.1, 0.15) is 23.8 Å². The number of hydrogen-bond donors (Lipinski definition) is 3. The smallest absolute Gasteiger partial charge is 0.412 e. The Bertz CT molecular complexity index is 1310. The van der Waals surface area contributed by atoms with Crippen molar-refractivity contribution >= 4 is 33.2 Å². The summed E-state index contributed by atoms with van der Waals surface area (Å²) in [5.74, 6) is 0.920. The Balaban J connectivity index is 0.000000196. The summed E-state index contributed by atoms with van der Waals surface area (Å²) >= 11 is 4.95. The van der Waals surface area contributed by atoms with Gasteiger partial charge in [0, 0.05) is 24.1 Å². The molecule has 0 aliphatic heterocycles. The second-order valence-electron chi connectivity index (χ2n) is 8.56. The first-order valence-corrected chi connectivity index (χ1v) is 13.7. The molecule has 13 heteroatoms. The lowest BCUT2D eigenvalue weighted by atomic mass is 10.2. The molecule has 3 aromatic carbocycles. The molecule has 2 saturated carbocycles. The number of rotatable bonds is 4. The van der Waals surface area contributed by atoms with E-state index in [0.29, 0.717) is 24.3 Å². The van der Waals surface area contributed by atoms with E-state index in [-0.39, 0.29) is 17.0 Å². The Morgan fingerprint density at radius 2 is 1.30 bits per heavy atom. The molecule has 2 aliphatic rings. The number of alkyl halides is 2. The van der Waals surface area contributed by atoms with Crippen LogP contribution in [0.1, 0.15) is 18.4 Å². The summed E-state index contributed by atoms with van der Waals surface area (Å²) in [4.78, 5) is 21.2. The minimum Gasteiger partial charge on any atom is -0.415 e. The lowest BCUT2D eigenvalue weighted by Crippen LogP contribution is -2.30. The molecule has 0 bridgehead atoms. The number of aryl methyl sites for hydroxylation is 1. The van der Waals surface area contributed by atoms with Gasteiger partial charge in [-0.1, -0.05) is 54.1 Å². The zero-order valence-electron chi connectivity index (χ0n) is 21.3. The minimum absolute atomic E-state index is 0.0666. The Morgan fingerprint density at radius 1 is 0.875 bits per heavy atom. The van der Waals surface area contributed by atoms with Crippen LogP contribution >= 0.6 is 11.6 Å². The van der Waals surface area contributed by atoms with E-state index in [1.54, 1.807) is 60.7 Å². The fraction of sp³-hybridized carbons (Fsp3) is 0.259. The molecule has 0 aromatic heterocycles. The Morgan fingerprint density at radius 3 is 1.65 bits per heavy atom. The van der Waals surface area contributed by atoms with Gasteiger partial charge in [-0.05, 0) is 49.7 Å². The van der Waals surface area contributed by atoms with Crippen molar-refractivity contribution in [3.05, 3.63) is 90.5 Å². The van der Waals surface area contributed by atoms with Crippen molar-refractivity contribution in [3.63, 3.8) is 0 Å². The van der Waals surface area contributed by atoms with Crippen LogP contribution in [-0.4, -0.2) is 48.9 Å². The van der Waals surface area contributed by atoms with E-state index in [1.807, 2.05) is 19.1 Å². The number of amides is 1. The fourth-order valence-electron chi connectivity index (χ4n) is 2.56. The minimum atomic E-state index is -4.02. The van der Waals surface area contributed by atoms with Gasteiger partial charge in [0.2, 0.25) is 0 Å². The SMILES string of the molecule is Cc1ccc(S(=O)(=O)O)cc1.N[C@@H]1C[C@@H]1F.O=C(Cl)Oc1ccccc1.O=C(N[C@@H]1C[C@@H]1F)Oc1ccccc1. The Hall–Kier alpha value is -3.58. The van der Waals surface area contributed by atoms with Crippen molar-refractivity contribution in [1.82, 2.24) is 5.32 Å². The third kappa shape index (κ3) is 14.0. The van der Waals surface area contributed by atoms with E-state index in [0.717, 1.165) is 5.56 Å². The zero-order chi connectivity index (χ0) is 29.7. The monoisotopic (exact) mass is 598 g/mol. The van der Waals surface area contributed by atoms with E-state index in [4.69, 9.17) is 26.6 Å². The van der Waals surface area contributed by atoms with Gasteiger partial charge in [-0.2, -0.15) is 8.42 Å². The zero-order valence-corrected chi connectivity index (χ0v) is 22.9. The van der Waals surface area contributed by atoms with Crippen LogP contribution in [0.15, 0.2) is 89.8 Å². The molecule has 0 unspecified atom stereocenters. The number of ether oxygens (including phenoxy) is 2. The van der Waals surface area contributed by atoms with Gasteiger partial charge in [-0.15, -0.1) is 0 Å². The number of benzene rings is 3. The predicted octanol–water partition coefficient (Wildman–Crippen LogP) is 5.61. The summed E-state index contributed by atoms with van der Waals surface area (Å²) in [6, 6.07) is 22.8. The van der Waals surface area contributed by atoms with Crippen molar-refractivity contribution in [1.29, 1.82) is 0 Å². The molecule has 40 heavy (non-hydrogen) atoms. The van der Waals surface area contributed by atoms with E-state index in [9.17, 15) is 26.8 Å². The van der Waals surface area contributed by atoms with Crippen LogP contribution in [0.4, 0.5) is 18.4 Å². The number of nitrogens with two attached hydrogens (primary N) is 1. The number of halogens is 3. The first-order valence-electron chi connectivity index (χ1n) is 11.9. The highest BCUT2D eigenvalue weighted by Gasteiger charge is 2.39. The van der Waals surface area contributed by atoms with Gasteiger partial charge < -0.3 is 20.5 Å². The molecule has 216 valence electrons. The fourth-order valence-corrected chi connectivity index (χ4v) is 3.13. The van der Waals surface area contributed by atoms with Crippen molar-refractivity contribution in [2.24, 2.45) is 5.73 Å². The molecule has 0 radical (unpaired) electrons. The molecule has 1 amide bonds. The summed E-state index contributed by atoms with van der Waals surface area (Å²) in [5.41, 5.74) is 5.13. The number of carbonyl (C=O) groups excluding carboxylic acids is 2. The molecule has 2 fully saturated rings. The molecular weight excluding hydrogens is 570 g/mol.